The van der Waals surface area contributed by atoms with Gasteiger partial charge in [0.05, 0.1) is 17.3 Å². The molecule has 0 saturated carbocycles. The highest BCUT2D eigenvalue weighted by Gasteiger charge is 2.16. The number of rotatable bonds is 6. The lowest BCUT2D eigenvalue weighted by atomic mass is 10.1. The minimum atomic E-state index is -0.429. The van der Waals surface area contributed by atoms with Crippen molar-refractivity contribution in [3.8, 4) is 0 Å². The normalized spacial score (nSPS) is 10.7. The molecule has 2 rings (SSSR count). The smallest absolute Gasteiger partial charge is 0.251 e. The van der Waals surface area contributed by atoms with Crippen molar-refractivity contribution in [2.75, 3.05) is 25.5 Å². The van der Waals surface area contributed by atoms with Crippen LogP contribution >= 0.6 is 23.2 Å². The van der Waals surface area contributed by atoms with Crippen molar-refractivity contribution < 1.29 is 14.4 Å². The van der Waals surface area contributed by atoms with Gasteiger partial charge >= 0.3 is 0 Å². The maximum Gasteiger partial charge on any atom is 0.251 e. The quantitative estimate of drug-likeness (QED) is 0.687. The number of halogens is 2. The van der Waals surface area contributed by atoms with Crippen LogP contribution in [-0.4, -0.2) is 38.4 Å². The number of anilines is 1. The van der Waals surface area contributed by atoms with Crippen LogP contribution in [0.25, 0.3) is 6.08 Å². The van der Waals surface area contributed by atoms with Crippen LogP contribution in [0.5, 0.6) is 0 Å². The van der Waals surface area contributed by atoms with Crippen molar-refractivity contribution in [3.05, 3.63) is 76.1 Å². The second kappa shape index (κ2) is 10.1. The summed E-state index contributed by atoms with van der Waals surface area (Å²) < 4.78 is 0. The van der Waals surface area contributed by atoms with E-state index in [4.69, 9.17) is 23.2 Å². The van der Waals surface area contributed by atoms with Crippen LogP contribution < -0.4 is 15.5 Å². The molecule has 0 aliphatic heterocycles. The van der Waals surface area contributed by atoms with E-state index in [0.717, 1.165) is 5.56 Å². The Morgan fingerprint density at radius 2 is 1.76 bits per heavy atom. The average molecular weight is 433 g/mol. The van der Waals surface area contributed by atoms with Gasteiger partial charge in [-0.05, 0) is 48.4 Å². The summed E-state index contributed by atoms with van der Waals surface area (Å²) in [5, 5.41) is 5.74. The Labute approximate surface area is 179 Å². The third kappa shape index (κ3) is 5.82. The van der Waals surface area contributed by atoms with Crippen LogP contribution in [-0.2, 0) is 9.59 Å². The van der Waals surface area contributed by atoms with Gasteiger partial charge in [0.15, 0.2) is 0 Å². The van der Waals surface area contributed by atoms with Gasteiger partial charge in [0.25, 0.3) is 5.91 Å². The molecule has 0 atom stereocenters. The first-order chi connectivity index (χ1) is 13.7. The maximum atomic E-state index is 12.3. The highest BCUT2D eigenvalue weighted by atomic mass is 35.5. The second-order valence-corrected chi connectivity index (χ2v) is 6.85. The van der Waals surface area contributed by atoms with E-state index in [-0.39, 0.29) is 23.4 Å². The van der Waals surface area contributed by atoms with Gasteiger partial charge in [0.1, 0.15) is 0 Å². The van der Waals surface area contributed by atoms with E-state index in [1.54, 1.807) is 56.6 Å². The second-order valence-electron chi connectivity index (χ2n) is 6.06. The molecule has 0 unspecified atom stereocenters. The molecule has 0 heterocycles. The Kier molecular flexibility index (Phi) is 7.82. The molecular weight excluding hydrogens is 413 g/mol. The maximum absolute atomic E-state index is 12.3. The molecule has 151 valence electrons. The van der Waals surface area contributed by atoms with Gasteiger partial charge in [-0.1, -0.05) is 35.3 Å². The van der Waals surface area contributed by atoms with Gasteiger partial charge in [0.2, 0.25) is 11.8 Å². The largest absolute Gasteiger partial charge is 0.355 e. The monoisotopic (exact) mass is 432 g/mol. The summed E-state index contributed by atoms with van der Waals surface area (Å²) in [7, 11) is 3.10. The molecule has 0 saturated heterocycles. The third-order valence-electron chi connectivity index (χ3n) is 4.14. The summed E-state index contributed by atoms with van der Waals surface area (Å²) in [6, 6.07) is 9.95. The number of nitrogens with zero attached hydrogens (tertiary/aromatic N) is 1. The molecule has 0 spiro atoms. The van der Waals surface area contributed by atoms with Gasteiger partial charge in [-0.3, -0.25) is 14.4 Å². The summed E-state index contributed by atoms with van der Waals surface area (Å²) in [5.74, 6) is -0.972. The molecule has 3 amide bonds. The zero-order chi connectivity index (χ0) is 21.6. The topological polar surface area (TPSA) is 78.5 Å². The lowest BCUT2D eigenvalue weighted by molar-refractivity contribution is -0.122. The molecule has 0 aromatic heterocycles. The molecule has 8 heteroatoms. The summed E-state index contributed by atoms with van der Waals surface area (Å²) >= 11 is 12.1. The molecule has 1 radical (unpaired) electrons. The highest BCUT2D eigenvalue weighted by molar-refractivity contribution is 6.38. The van der Waals surface area contributed by atoms with Crippen molar-refractivity contribution in [3.63, 3.8) is 0 Å². The van der Waals surface area contributed by atoms with E-state index in [9.17, 15) is 14.4 Å². The highest BCUT2D eigenvalue weighted by Crippen LogP contribution is 2.32. The van der Waals surface area contributed by atoms with Crippen LogP contribution in [0, 0.1) is 6.92 Å². The predicted octanol–water partition coefficient (Wildman–Crippen LogP) is 3.33. The molecule has 0 aliphatic rings. The molecule has 0 aliphatic carbocycles. The zero-order valence-corrected chi connectivity index (χ0v) is 17.5. The number of amides is 3. The number of carbonyl (C=O) groups is 3. The number of benzene rings is 2. The van der Waals surface area contributed by atoms with Crippen LogP contribution in [0.4, 0.5) is 5.69 Å². The Hall–Kier alpha value is -2.83. The SMILES string of the molecule is [CH2]c1c(Cl)ccc(N(C)C(=O)CNC(=O)C=Cc2ccc(C(=O)NC)cc2)c1Cl. The van der Waals surface area contributed by atoms with Crippen molar-refractivity contribution >= 4 is 52.7 Å². The molecule has 0 bridgehead atoms. The fourth-order valence-electron chi connectivity index (χ4n) is 2.38. The number of carbonyl (C=O) groups excluding carboxylic acids is 3. The first kappa shape index (κ1) is 22.5. The van der Waals surface area contributed by atoms with E-state index in [0.29, 0.717) is 21.8 Å². The van der Waals surface area contributed by atoms with Crippen molar-refractivity contribution in [2.45, 2.75) is 0 Å². The summed E-state index contributed by atoms with van der Waals surface area (Å²) in [6.07, 6.45) is 2.90. The van der Waals surface area contributed by atoms with Gasteiger partial charge in [-0.15, -0.1) is 0 Å². The molecule has 6 nitrogen and oxygen atoms in total. The van der Waals surface area contributed by atoms with Gasteiger partial charge < -0.3 is 15.5 Å². The summed E-state index contributed by atoms with van der Waals surface area (Å²) in [6.45, 7) is 3.56. The number of hydrogen-bond acceptors (Lipinski definition) is 3. The fourth-order valence-corrected chi connectivity index (χ4v) is 2.88. The minimum absolute atomic E-state index is 0.187. The van der Waals surface area contributed by atoms with Crippen LogP contribution in [0.15, 0.2) is 42.5 Å². The van der Waals surface area contributed by atoms with Crippen molar-refractivity contribution in [2.24, 2.45) is 0 Å². The Bertz CT molecular complexity index is 956. The van der Waals surface area contributed by atoms with E-state index in [1.165, 1.54) is 11.0 Å². The fraction of sp³-hybridized carbons (Fsp3) is 0.143. The molecule has 2 aromatic rings. The molecular formula is C21H20Cl2N3O3. The Balaban J connectivity index is 1.93. The Morgan fingerprint density at radius 1 is 1.10 bits per heavy atom. The minimum Gasteiger partial charge on any atom is -0.355 e. The Morgan fingerprint density at radius 3 is 2.38 bits per heavy atom. The molecule has 0 fully saturated rings. The van der Waals surface area contributed by atoms with E-state index in [2.05, 4.69) is 17.6 Å². The number of nitrogens with one attached hydrogen (secondary N) is 2. The zero-order valence-electron chi connectivity index (χ0n) is 16.0. The first-order valence-electron chi connectivity index (χ1n) is 8.59. The predicted molar refractivity (Wildman–Crippen MR) is 116 cm³/mol. The van der Waals surface area contributed by atoms with Crippen LogP contribution in [0.2, 0.25) is 10.0 Å². The molecule has 29 heavy (non-hydrogen) atoms. The van der Waals surface area contributed by atoms with Crippen LogP contribution in [0.3, 0.4) is 0 Å². The summed E-state index contributed by atoms with van der Waals surface area (Å²) in [5.41, 5.74) is 2.15. The standard InChI is InChI=1S/C21H20Cl2N3O3/c1-13-16(22)9-10-17(20(13)23)26(3)19(28)12-25-18(27)11-6-14-4-7-15(8-5-14)21(29)24-2/h4-11H,1,12H2,2-3H3,(H,24,29)(H,25,27). The molecule has 2 aromatic carbocycles. The van der Waals surface area contributed by atoms with Crippen molar-refractivity contribution in [1.29, 1.82) is 0 Å². The first-order valence-corrected chi connectivity index (χ1v) is 9.34. The van der Waals surface area contributed by atoms with Crippen molar-refractivity contribution in [1.82, 2.24) is 10.6 Å². The average Bonchev–Trinajstić information content (AvgIpc) is 2.73. The number of hydrogen-bond donors (Lipinski definition) is 2. The summed E-state index contributed by atoms with van der Waals surface area (Å²) in [4.78, 5) is 37.2. The van der Waals surface area contributed by atoms with Gasteiger partial charge in [0, 0.05) is 30.8 Å². The lowest BCUT2D eigenvalue weighted by Gasteiger charge is -2.20. The third-order valence-corrected chi connectivity index (χ3v) is 4.92. The van der Waals surface area contributed by atoms with E-state index >= 15 is 0 Å². The van der Waals surface area contributed by atoms with Gasteiger partial charge in [-0.2, -0.15) is 0 Å². The molecule has 2 N–H and O–H groups in total. The van der Waals surface area contributed by atoms with Crippen LogP contribution in [0.1, 0.15) is 21.5 Å². The van der Waals surface area contributed by atoms with E-state index < -0.39 is 5.91 Å². The number of likely N-dealkylation sites (N-methyl/N-ethyl adjacent to an activating group) is 1. The lowest BCUT2D eigenvalue weighted by Crippen LogP contribution is -2.37. The van der Waals surface area contributed by atoms with E-state index in [1.807, 2.05) is 0 Å². The van der Waals surface area contributed by atoms with Gasteiger partial charge in [-0.25, -0.2) is 0 Å².